The molecule has 152 valence electrons. The Morgan fingerprint density at radius 3 is 2.58 bits per heavy atom. The minimum Gasteiger partial charge on any atom is -0.389 e. The van der Waals surface area contributed by atoms with Crippen LogP contribution in [0.4, 0.5) is 0 Å². The lowest BCUT2D eigenvalue weighted by Gasteiger charge is -2.33. The number of likely N-dealkylation sites (tertiary alicyclic amines) is 1. The molecule has 0 aromatic carbocycles. The molecule has 26 heavy (non-hydrogen) atoms. The van der Waals surface area contributed by atoms with Gasteiger partial charge in [-0.15, -0.1) is 24.0 Å². The number of guanidine groups is 1. The van der Waals surface area contributed by atoms with Gasteiger partial charge < -0.3 is 20.5 Å². The van der Waals surface area contributed by atoms with E-state index < -0.39 is 6.10 Å². The molecule has 0 amide bonds. The van der Waals surface area contributed by atoms with Crippen LogP contribution >= 0.6 is 24.0 Å². The van der Waals surface area contributed by atoms with Gasteiger partial charge in [0.1, 0.15) is 0 Å². The van der Waals surface area contributed by atoms with Gasteiger partial charge in [0.15, 0.2) is 5.96 Å². The third-order valence-corrected chi connectivity index (χ3v) is 4.59. The van der Waals surface area contributed by atoms with Crippen molar-refractivity contribution in [2.24, 2.45) is 10.9 Å². The van der Waals surface area contributed by atoms with Crippen molar-refractivity contribution in [2.75, 3.05) is 45.9 Å². The molecule has 1 aliphatic carbocycles. The highest BCUT2D eigenvalue weighted by atomic mass is 127. The minimum absolute atomic E-state index is 0. The zero-order chi connectivity index (χ0) is 18.1. The fourth-order valence-corrected chi connectivity index (χ4v) is 3.04. The summed E-state index contributed by atoms with van der Waals surface area (Å²) in [6.45, 7) is 13.6. The molecule has 1 saturated carbocycles. The zero-order valence-electron chi connectivity index (χ0n) is 16.4. The number of nitrogens with one attached hydrogen (secondary N) is 2. The standard InChI is InChI=1S/C19H36N4O2.HI/c1-4-20-19(21-11-18(24)14-25-13-16-5-6-16)22-17-7-9-23(10-8-17)12-15(2)3;/h16-18,24H,2,4-14H2,1,3H3,(H2,20,21,22);1H. The molecule has 6 nitrogen and oxygen atoms in total. The quantitative estimate of drug-likeness (QED) is 0.193. The van der Waals surface area contributed by atoms with E-state index in [0.29, 0.717) is 19.2 Å². The van der Waals surface area contributed by atoms with Crippen LogP contribution in [0.2, 0.25) is 0 Å². The van der Waals surface area contributed by atoms with Crippen LogP contribution in [0.25, 0.3) is 0 Å². The second-order valence-corrected chi connectivity index (χ2v) is 7.51. The van der Waals surface area contributed by atoms with Gasteiger partial charge in [-0.2, -0.15) is 0 Å². The maximum absolute atomic E-state index is 10.0. The average Bonchev–Trinajstić information content (AvgIpc) is 3.38. The highest BCUT2D eigenvalue weighted by Crippen LogP contribution is 2.28. The molecule has 0 spiro atoms. The molecular weight excluding hydrogens is 443 g/mol. The van der Waals surface area contributed by atoms with E-state index in [1.807, 2.05) is 0 Å². The molecule has 7 heteroatoms. The SMILES string of the molecule is C=C(C)CN1CCC(NC(=NCC(O)COCC2CC2)NCC)CC1.I. The topological polar surface area (TPSA) is 69.1 Å². The molecule has 0 bridgehead atoms. The van der Waals surface area contributed by atoms with Crippen molar-refractivity contribution in [1.82, 2.24) is 15.5 Å². The van der Waals surface area contributed by atoms with Crippen molar-refractivity contribution in [3.63, 3.8) is 0 Å². The van der Waals surface area contributed by atoms with E-state index in [2.05, 4.69) is 41.0 Å². The number of ether oxygens (including phenoxy) is 1. The van der Waals surface area contributed by atoms with Crippen LogP contribution < -0.4 is 10.6 Å². The first-order valence-corrected chi connectivity index (χ1v) is 9.74. The predicted octanol–water partition coefficient (Wildman–Crippen LogP) is 1.99. The van der Waals surface area contributed by atoms with E-state index in [9.17, 15) is 5.11 Å². The van der Waals surface area contributed by atoms with Gasteiger partial charge in [0, 0.05) is 38.8 Å². The summed E-state index contributed by atoms with van der Waals surface area (Å²) in [5, 5.41) is 16.8. The van der Waals surface area contributed by atoms with Crippen molar-refractivity contribution >= 4 is 29.9 Å². The summed E-state index contributed by atoms with van der Waals surface area (Å²) in [6, 6.07) is 0.433. The van der Waals surface area contributed by atoms with Crippen LogP contribution in [0.3, 0.4) is 0 Å². The summed E-state index contributed by atoms with van der Waals surface area (Å²) in [6.07, 6.45) is 4.21. The maximum atomic E-state index is 10.0. The van der Waals surface area contributed by atoms with Crippen molar-refractivity contribution in [1.29, 1.82) is 0 Å². The Morgan fingerprint density at radius 1 is 1.31 bits per heavy atom. The maximum Gasteiger partial charge on any atom is 0.191 e. The Labute approximate surface area is 175 Å². The number of nitrogens with zero attached hydrogens (tertiary/aromatic N) is 2. The first kappa shape index (κ1) is 23.7. The normalized spacial score (nSPS) is 20.3. The minimum atomic E-state index is -0.536. The fourth-order valence-electron chi connectivity index (χ4n) is 3.04. The fraction of sp³-hybridized carbons (Fsp3) is 0.842. The Morgan fingerprint density at radius 2 is 2.00 bits per heavy atom. The van der Waals surface area contributed by atoms with Crippen LogP contribution in [0, 0.1) is 5.92 Å². The Kier molecular flexibility index (Phi) is 11.7. The summed E-state index contributed by atoms with van der Waals surface area (Å²) >= 11 is 0. The van der Waals surface area contributed by atoms with Gasteiger partial charge in [0.2, 0.25) is 0 Å². The molecule has 1 atom stereocenters. The molecule has 0 aromatic rings. The summed E-state index contributed by atoms with van der Waals surface area (Å²) in [4.78, 5) is 6.97. The average molecular weight is 480 g/mol. The van der Waals surface area contributed by atoms with Gasteiger partial charge in [-0.25, -0.2) is 0 Å². The molecule has 2 aliphatic rings. The summed E-state index contributed by atoms with van der Waals surface area (Å²) in [5.41, 5.74) is 1.22. The van der Waals surface area contributed by atoms with E-state index in [1.165, 1.54) is 18.4 Å². The molecular formula is C19H37IN4O2. The lowest BCUT2D eigenvalue weighted by molar-refractivity contribution is 0.0368. The Hall–Kier alpha value is -0.380. The van der Waals surface area contributed by atoms with E-state index in [0.717, 1.165) is 57.5 Å². The van der Waals surface area contributed by atoms with Crippen molar-refractivity contribution in [2.45, 2.75) is 51.7 Å². The molecule has 0 radical (unpaired) electrons. The van der Waals surface area contributed by atoms with E-state index in [4.69, 9.17) is 4.74 Å². The zero-order valence-corrected chi connectivity index (χ0v) is 18.7. The molecule has 1 unspecified atom stereocenters. The largest absolute Gasteiger partial charge is 0.389 e. The molecule has 2 fully saturated rings. The number of hydrogen-bond acceptors (Lipinski definition) is 4. The number of aliphatic hydroxyl groups excluding tert-OH is 1. The van der Waals surface area contributed by atoms with Gasteiger partial charge >= 0.3 is 0 Å². The second kappa shape index (κ2) is 12.9. The molecule has 1 aliphatic heterocycles. The molecule has 1 heterocycles. The first-order chi connectivity index (χ1) is 12.1. The number of rotatable bonds is 10. The Balaban J connectivity index is 0.00000338. The van der Waals surface area contributed by atoms with Crippen LogP contribution in [-0.2, 0) is 4.74 Å². The lowest BCUT2D eigenvalue weighted by atomic mass is 10.0. The van der Waals surface area contributed by atoms with Crippen LogP contribution in [0.5, 0.6) is 0 Å². The molecule has 0 aromatic heterocycles. The third kappa shape index (κ3) is 10.1. The lowest BCUT2D eigenvalue weighted by Crippen LogP contribution is -2.49. The number of hydrogen-bond donors (Lipinski definition) is 3. The van der Waals surface area contributed by atoms with E-state index in [1.54, 1.807) is 0 Å². The van der Waals surface area contributed by atoms with Gasteiger partial charge in [-0.05, 0) is 45.4 Å². The highest BCUT2D eigenvalue weighted by Gasteiger charge is 2.22. The third-order valence-electron chi connectivity index (χ3n) is 4.59. The summed E-state index contributed by atoms with van der Waals surface area (Å²) in [5.74, 6) is 1.52. The highest BCUT2D eigenvalue weighted by molar-refractivity contribution is 14.0. The van der Waals surface area contributed by atoms with E-state index in [-0.39, 0.29) is 24.0 Å². The predicted molar refractivity (Wildman–Crippen MR) is 118 cm³/mol. The number of halogens is 1. The van der Waals surface area contributed by atoms with Gasteiger partial charge in [0.05, 0.1) is 19.3 Å². The van der Waals surface area contributed by atoms with Crippen LogP contribution in [0.1, 0.15) is 39.5 Å². The van der Waals surface area contributed by atoms with Crippen LogP contribution in [0.15, 0.2) is 17.1 Å². The summed E-state index contributed by atoms with van der Waals surface area (Å²) < 4.78 is 5.53. The molecule has 1 saturated heterocycles. The number of piperidine rings is 1. The summed E-state index contributed by atoms with van der Waals surface area (Å²) in [7, 11) is 0. The number of aliphatic hydroxyl groups is 1. The first-order valence-electron chi connectivity index (χ1n) is 9.74. The monoisotopic (exact) mass is 480 g/mol. The van der Waals surface area contributed by atoms with E-state index >= 15 is 0 Å². The van der Waals surface area contributed by atoms with Crippen molar-refractivity contribution in [3.05, 3.63) is 12.2 Å². The molecule has 2 rings (SSSR count). The number of aliphatic imine (C=N–C) groups is 1. The van der Waals surface area contributed by atoms with Gasteiger partial charge in [-0.3, -0.25) is 9.89 Å². The van der Waals surface area contributed by atoms with Crippen molar-refractivity contribution in [3.8, 4) is 0 Å². The van der Waals surface area contributed by atoms with Crippen LogP contribution in [-0.4, -0.2) is 74.0 Å². The smallest absolute Gasteiger partial charge is 0.191 e. The molecule has 3 N–H and O–H groups in total. The van der Waals surface area contributed by atoms with Gasteiger partial charge in [0.25, 0.3) is 0 Å². The second-order valence-electron chi connectivity index (χ2n) is 7.51. The Bertz CT molecular complexity index is 435. The van der Waals surface area contributed by atoms with Gasteiger partial charge in [-0.1, -0.05) is 12.2 Å². The van der Waals surface area contributed by atoms with Crippen molar-refractivity contribution < 1.29 is 9.84 Å².